The third-order valence-electron chi connectivity index (χ3n) is 3.80. The van der Waals surface area contributed by atoms with Gasteiger partial charge in [-0.2, -0.15) is 0 Å². The van der Waals surface area contributed by atoms with E-state index in [0.717, 1.165) is 0 Å². The fourth-order valence-electron chi connectivity index (χ4n) is 2.70. The van der Waals surface area contributed by atoms with Crippen LogP contribution in [0, 0.1) is 0 Å². The van der Waals surface area contributed by atoms with Gasteiger partial charge in [0.2, 0.25) is 11.7 Å². The van der Waals surface area contributed by atoms with E-state index in [9.17, 15) is 9.90 Å². The number of carbonyl (C=O) groups excluding carboxylic acids is 1. The molecule has 0 saturated heterocycles. The molecule has 4 rings (SSSR count). The van der Waals surface area contributed by atoms with Crippen molar-refractivity contribution in [2.24, 2.45) is 4.99 Å². The van der Waals surface area contributed by atoms with Crippen molar-refractivity contribution in [2.45, 2.75) is 0 Å². The predicted molar refractivity (Wildman–Crippen MR) is 89.6 cm³/mol. The number of nitrogens with zero attached hydrogens (tertiary/aromatic N) is 2. The van der Waals surface area contributed by atoms with E-state index in [4.69, 9.17) is 11.6 Å². The van der Waals surface area contributed by atoms with Crippen LogP contribution in [0.15, 0.2) is 59.6 Å². The minimum absolute atomic E-state index is 0.0102. The summed E-state index contributed by atoms with van der Waals surface area (Å²) in [6.07, 6.45) is 1.54. The van der Waals surface area contributed by atoms with Gasteiger partial charge in [0.1, 0.15) is 0 Å². The second-order valence-corrected chi connectivity index (χ2v) is 5.66. The quantitative estimate of drug-likeness (QED) is 0.564. The summed E-state index contributed by atoms with van der Waals surface area (Å²) < 4.78 is 1.56. The molecule has 1 aromatic heterocycles. The van der Waals surface area contributed by atoms with Crippen molar-refractivity contribution in [3.63, 3.8) is 0 Å². The molecule has 0 bridgehead atoms. The fourth-order valence-corrected chi connectivity index (χ4v) is 2.82. The number of rotatable bonds is 2. The van der Waals surface area contributed by atoms with Crippen molar-refractivity contribution >= 4 is 29.3 Å². The van der Waals surface area contributed by atoms with Crippen LogP contribution in [0.25, 0.3) is 5.69 Å². The van der Waals surface area contributed by atoms with E-state index in [1.54, 1.807) is 47.2 Å². The summed E-state index contributed by atoms with van der Waals surface area (Å²) in [5.74, 6) is -0.0851. The maximum atomic E-state index is 12.4. The lowest BCUT2D eigenvalue weighted by molar-refractivity contribution is 0.104. The Kier molecular flexibility index (Phi) is 3.06. The van der Waals surface area contributed by atoms with Crippen LogP contribution in [-0.2, 0) is 0 Å². The molecule has 1 N–H and O–H groups in total. The van der Waals surface area contributed by atoms with Crippen LogP contribution in [-0.4, -0.2) is 21.7 Å². The van der Waals surface area contributed by atoms with Crippen molar-refractivity contribution < 1.29 is 9.90 Å². The molecule has 4 nitrogen and oxygen atoms in total. The molecule has 1 aliphatic rings. The summed E-state index contributed by atoms with van der Waals surface area (Å²) in [5.41, 5.74) is 2.95. The Morgan fingerprint density at radius 1 is 1.09 bits per heavy atom. The summed E-state index contributed by atoms with van der Waals surface area (Å²) in [6, 6.07) is 15.9. The van der Waals surface area contributed by atoms with Crippen LogP contribution in [0.2, 0.25) is 5.02 Å². The Balaban J connectivity index is 1.76. The van der Waals surface area contributed by atoms with Crippen molar-refractivity contribution in [3.05, 3.63) is 76.4 Å². The molecule has 0 saturated carbocycles. The fraction of sp³-hybridized carbons (Fsp3) is 0. The Hall–Kier alpha value is -2.85. The van der Waals surface area contributed by atoms with Crippen LogP contribution in [0.1, 0.15) is 21.6 Å². The van der Waals surface area contributed by atoms with Gasteiger partial charge in [0, 0.05) is 16.8 Å². The third kappa shape index (κ3) is 2.15. The van der Waals surface area contributed by atoms with Gasteiger partial charge in [-0.05, 0) is 42.5 Å². The van der Waals surface area contributed by atoms with E-state index < -0.39 is 0 Å². The third-order valence-corrected chi connectivity index (χ3v) is 4.06. The lowest BCUT2D eigenvalue weighted by Crippen LogP contribution is -1.94. The molecule has 112 valence electrons. The van der Waals surface area contributed by atoms with E-state index in [2.05, 4.69) is 4.99 Å². The second-order valence-electron chi connectivity index (χ2n) is 5.22. The monoisotopic (exact) mass is 322 g/mol. The Morgan fingerprint density at radius 2 is 1.83 bits per heavy atom. The van der Waals surface area contributed by atoms with E-state index in [-0.39, 0.29) is 11.7 Å². The second kappa shape index (κ2) is 5.11. The van der Waals surface area contributed by atoms with Gasteiger partial charge in [0.05, 0.1) is 22.6 Å². The van der Waals surface area contributed by atoms with Gasteiger partial charge in [-0.1, -0.05) is 23.7 Å². The first-order chi connectivity index (χ1) is 11.1. The molecule has 2 heterocycles. The number of benzene rings is 2. The number of ketones is 1. The first-order valence-corrected chi connectivity index (χ1v) is 7.41. The van der Waals surface area contributed by atoms with Gasteiger partial charge in [-0.25, -0.2) is 0 Å². The molecule has 2 aromatic carbocycles. The maximum absolute atomic E-state index is 12.4. The lowest BCUT2D eigenvalue weighted by Gasteiger charge is -2.03. The summed E-state index contributed by atoms with van der Waals surface area (Å²) in [4.78, 5) is 16.7. The van der Waals surface area contributed by atoms with Gasteiger partial charge in [0.15, 0.2) is 0 Å². The zero-order chi connectivity index (χ0) is 16.0. The lowest BCUT2D eigenvalue weighted by atomic mass is 10.1. The maximum Gasteiger partial charge on any atom is 0.211 e. The molecule has 0 aliphatic carbocycles. The highest BCUT2D eigenvalue weighted by molar-refractivity contribution is 6.30. The van der Waals surface area contributed by atoms with Crippen LogP contribution in [0.4, 0.5) is 5.69 Å². The number of hydrogen-bond acceptors (Lipinski definition) is 3. The largest absolute Gasteiger partial charge is 0.494 e. The molecular weight excluding hydrogens is 312 g/mol. The average molecular weight is 323 g/mol. The summed E-state index contributed by atoms with van der Waals surface area (Å²) in [5, 5.41) is 11.1. The normalized spacial score (nSPS) is 12.7. The Labute approximate surface area is 137 Å². The number of aromatic hydroxyl groups is 1. The van der Waals surface area contributed by atoms with Gasteiger partial charge in [0.25, 0.3) is 0 Å². The summed E-state index contributed by atoms with van der Waals surface area (Å²) >= 11 is 5.84. The highest BCUT2D eigenvalue weighted by Crippen LogP contribution is 2.35. The number of fused-ring (bicyclic) bond motifs is 3. The Morgan fingerprint density at radius 3 is 2.61 bits per heavy atom. The van der Waals surface area contributed by atoms with Gasteiger partial charge in [-0.15, -0.1) is 0 Å². The molecule has 0 amide bonds. The van der Waals surface area contributed by atoms with E-state index in [1.807, 2.05) is 18.2 Å². The van der Waals surface area contributed by atoms with Gasteiger partial charge < -0.3 is 5.11 Å². The number of aromatic nitrogens is 1. The van der Waals surface area contributed by atoms with E-state index >= 15 is 0 Å². The minimum atomic E-state index is -0.0953. The van der Waals surface area contributed by atoms with E-state index in [0.29, 0.717) is 33.2 Å². The zero-order valence-corrected chi connectivity index (χ0v) is 12.7. The van der Waals surface area contributed by atoms with Crippen molar-refractivity contribution in [1.29, 1.82) is 0 Å². The number of carbonyl (C=O) groups is 1. The SMILES string of the molecule is O=C1c2ccccc2-n2c1cc(C=Nc1ccc(Cl)cc1)c2O. The average Bonchev–Trinajstić information content (AvgIpc) is 3.04. The highest BCUT2D eigenvalue weighted by atomic mass is 35.5. The molecule has 0 spiro atoms. The minimum Gasteiger partial charge on any atom is -0.494 e. The molecule has 1 aliphatic heterocycles. The van der Waals surface area contributed by atoms with Crippen LogP contribution >= 0.6 is 11.6 Å². The molecule has 0 unspecified atom stereocenters. The number of para-hydroxylation sites is 1. The number of halogens is 1. The topological polar surface area (TPSA) is 54.6 Å². The smallest absolute Gasteiger partial charge is 0.211 e. The molecule has 0 radical (unpaired) electrons. The van der Waals surface area contributed by atoms with E-state index in [1.165, 1.54) is 0 Å². The molecule has 5 heteroatoms. The predicted octanol–water partition coefficient (Wildman–Crippen LogP) is 4.13. The number of aliphatic imine (C=N–C) groups is 1. The van der Waals surface area contributed by atoms with Crippen molar-refractivity contribution in [2.75, 3.05) is 0 Å². The highest BCUT2D eigenvalue weighted by Gasteiger charge is 2.30. The first-order valence-electron chi connectivity index (χ1n) is 7.03. The zero-order valence-electron chi connectivity index (χ0n) is 11.9. The van der Waals surface area contributed by atoms with Gasteiger partial charge >= 0.3 is 0 Å². The summed E-state index contributed by atoms with van der Waals surface area (Å²) in [6.45, 7) is 0. The summed E-state index contributed by atoms with van der Waals surface area (Å²) in [7, 11) is 0. The molecule has 3 aromatic rings. The first kappa shape index (κ1) is 13.8. The standard InChI is InChI=1S/C18H11ClN2O2/c19-12-5-7-13(8-6-12)20-10-11-9-16-17(22)14-3-1-2-4-15(14)21(16)18(11)23/h1-10,23H. The molecule has 23 heavy (non-hydrogen) atoms. The van der Waals surface area contributed by atoms with Gasteiger partial charge in [-0.3, -0.25) is 14.4 Å². The van der Waals surface area contributed by atoms with Crippen LogP contribution in [0.3, 0.4) is 0 Å². The van der Waals surface area contributed by atoms with Crippen molar-refractivity contribution in [3.8, 4) is 11.6 Å². The molecular formula is C18H11ClN2O2. The van der Waals surface area contributed by atoms with Crippen molar-refractivity contribution in [1.82, 2.24) is 4.57 Å². The van der Waals surface area contributed by atoms with Crippen LogP contribution in [0.5, 0.6) is 5.88 Å². The number of hydrogen-bond donors (Lipinski definition) is 1. The van der Waals surface area contributed by atoms with Crippen LogP contribution < -0.4 is 0 Å². The Bertz CT molecular complexity index is 956. The molecule has 0 atom stereocenters. The molecule has 0 fully saturated rings.